The predicted molar refractivity (Wildman–Crippen MR) is 81.1 cm³/mol. The predicted octanol–water partition coefficient (Wildman–Crippen LogP) is 0.104. The lowest BCUT2D eigenvalue weighted by atomic mass is 10.0. The molecule has 3 atom stereocenters. The average Bonchev–Trinajstić information content (AvgIpc) is 2.71. The molecule has 6 nitrogen and oxygen atoms in total. The Morgan fingerprint density at radius 3 is 2.48 bits per heavy atom. The zero-order valence-corrected chi connectivity index (χ0v) is 13.6. The van der Waals surface area contributed by atoms with Crippen molar-refractivity contribution in [3.8, 4) is 0 Å². The topological polar surface area (TPSA) is 64.1 Å². The van der Waals surface area contributed by atoms with Gasteiger partial charge >= 0.3 is 0 Å². The van der Waals surface area contributed by atoms with E-state index in [0.29, 0.717) is 38.3 Å². The molecule has 0 amide bonds. The fourth-order valence-electron chi connectivity index (χ4n) is 4.04. The molecule has 21 heavy (non-hydrogen) atoms. The number of hydrogen-bond donors (Lipinski definition) is 1. The highest BCUT2D eigenvalue weighted by Gasteiger charge is 2.40. The Balaban J connectivity index is 1.72. The van der Waals surface area contributed by atoms with E-state index in [9.17, 15) is 13.5 Å². The van der Waals surface area contributed by atoms with Gasteiger partial charge in [0.25, 0.3) is 10.2 Å². The van der Waals surface area contributed by atoms with Gasteiger partial charge in [0.15, 0.2) is 0 Å². The fraction of sp³-hybridized carbons (Fsp3) is 1.00. The minimum absolute atomic E-state index is 0.0828. The summed E-state index contributed by atoms with van der Waals surface area (Å²) in [6, 6.07) is 0.910. The standard InChI is InChI=1S/C14H27N3O3S/c1-15-13-4-5-14(15)10-17(8-6-13)21(19,20)16-7-2-3-12(9-16)11-18/h12-14,18H,2-11H2,1H3. The quantitative estimate of drug-likeness (QED) is 0.802. The third-order valence-corrected chi connectivity index (χ3v) is 7.47. The first-order valence-corrected chi connectivity index (χ1v) is 9.50. The molecule has 7 heteroatoms. The van der Waals surface area contributed by atoms with E-state index in [-0.39, 0.29) is 12.5 Å². The molecule has 3 rings (SSSR count). The molecule has 122 valence electrons. The molecule has 0 aromatic rings. The van der Waals surface area contributed by atoms with E-state index in [1.54, 1.807) is 8.61 Å². The number of likely N-dealkylation sites (N-methyl/N-ethyl adjacent to an activating group) is 1. The summed E-state index contributed by atoms with van der Waals surface area (Å²) >= 11 is 0. The van der Waals surface area contributed by atoms with E-state index in [1.165, 1.54) is 6.42 Å². The summed E-state index contributed by atoms with van der Waals surface area (Å²) in [6.07, 6.45) is 5.02. The maximum absolute atomic E-state index is 12.9. The van der Waals surface area contributed by atoms with Crippen LogP contribution in [0.2, 0.25) is 0 Å². The van der Waals surface area contributed by atoms with Crippen molar-refractivity contribution in [1.82, 2.24) is 13.5 Å². The molecule has 3 aliphatic rings. The van der Waals surface area contributed by atoms with Crippen molar-refractivity contribution in [2.24, 2.45) is 5.92 Å². The van der Waals surface area contributed by atoms with Crippen LogP contribution >= 0.6 is 0 Å². The van der Waals surface area contributed by atoms with E-state index in [2.05, 4.69) is 11.9 Å². The Morgan fingerprint density at radius 2 is 1.71 bits per heavy atom. The normalized spacial score (nSPS) is 36.8. The molecule has 0 spiro atoms. The van der Waals surface area contributed by atoms with Crippen molar-refractivity contribution < 1.29 is 13.5 Å². The van der Waals surface area contributed by atoms with Crippen LogP contribution in [0, 0.1) is 5.92 Å². The van der Waals surface area contributed by atoms with Gasteiger partial charge in [0.05, 0.1) is 0 Å². The Bertz CT molecular complexity index is 470. The van der Waals surface area contributed by atoms with Gasteiger partial charge < -0.3 is 5.11 Å². The van der Waals surface area contributed by atoms with E-state index in [0.717, 1.165) is 25.7 Å². The number of fused-ring (bicyclic) bond motifs is 2. The van der Waals surface area contributed by atoms with Gasteiger partial charge in [0.1, 0.15) is 0 Å². The molecule has 0 aromatic heterocycles. The van der Waals surface area contributed by atoms with Gasteiger partial charge in [0, 0.05) is 44.9 Å². The second-order valence-corrected chi connectivity index (χ2v) is 8.68. The molecule has 3 unspecified atom stereocenters. The highest BCUT2D eigenvalue weighted by atomic mass is 32.2. The first kappa shape index (κ1) is 15.7. The molecule has 2 bridgehead atoms. The summed E-state index contributed by atoms with van der Waals surface area (Å²) < 4.78 is 29.1. The minimum Gasteiger partial charge on any atom is -0.396 e. The Hall–Kier alpha value is -0.210. The molecule has 3 saturated heterocycles. The van der Waals surface area contributed by atoms with Crippen LogP contribution in [0.4, 0.5) is 0 Å². The molecule has 0 saturated carbocycles. The fourth-order valence-corrected chi connectivity index (χ4v) is 5.82. The maximum atomic E-state index is 12.9. The van der Waals surface area contributed by atoms with Crippen LogP contribution < -0.4 is 0 Å². The van der Waals surface area contributed by atoms with Gasteiger partial charge in [-0.2, -0.15) is 17.0 Å². The molecule has 0 aliphatic carbocycles. The average molecular weight is 317 g/mol. The SMILES string of the molecule is CN1C2CCC1CN(S(=O)(=O)N1CCCC(CO)C1)CC2. The molecular weight excluding hydrogens is 290 g/mol. The van der Waals surface area contributed by atoms with Crippen molar-refractivity contribution in [1.29, 1.82) is 0 Å². The zero-order valence-electron chi connectivity index (χ0n) is 12.8. The van der Waals surface area contributed by atoms with Gasteiger partial charge in [-0.3, -0.25) is 4.90 Å². The monoisotopic (exact) mass is 317 g/mol. The summed E-state index contributed by atoms with van der Waals surface area (Å²) in [6.45, 7) is 2.40. The summed E-state index contributed by atoms with van der Waals surface area (Å²) in [5.74, 6) is 0.0969. The second kappa shape index (κ2) is 6.12. The van der Waals surface area contributed by atoms with Gasteiger partial charge in [-0.25, -0.2) is 0 Å². The molecule has 3 heterocycles. The largest absolute Gasteiger partial charge is 0.396 e. The molecular formula is C14H27N3O3S. The van der Waals surface area contributed by atoms with Crippen molar-refractivity contribution in [3.63, 3.8) is 0 Å². The number of aliphatic hydroxyl groups is 1. The number of rotatable bonds is 3. The Labute approximate surface area is 127 Å². The molecule has 3 fully saturated rings. The molecule has 0 aromatic carbocycles. The van der Waals surface area contributed by atoms with E-state index in [4.69, 9.17) is 0 Å². The highest BCUT2D eigenvalue weighted by Crippen LogP contribution is 2.31. The molecule has 3 aliphatic heterocycles. The summed E-state index contributed by atoms with van der Waals surface area (Å²) in [7, 11) is -1.24. The lowest BCUT2D eigenvalue weighted by Gasteiger charge is -2.35. The Kier molecular flexibility index (Phi) is 4.57. The molecule has 0 radical (unpaired) electrons. The number of aliphatic hydroxyl groups excluding tert-OH is 1. The lowest BCUT2D eigenvalue weighted by Crippen LogP contribution is -2.50. The van der Waals surface area contributed by atoms with Crippen LogP contribution in [-0.2, 0) is 10.2 Å². The maximum Gasteiger partial charge on any atom is 0.282 e. The van der Waals surface area contributed by atoms with Crippen LogP contribution in [0.5, 0.6) is 0 Å². The first-order chi connectivity index (χ1) is 10.0. The zero-order chi connectivity index (χ0) is 15.0. The summed E-state index contributed by atoms with van der Waals surface area (Å²) in [5, 5.41) is 9.31. The Morgan fingerprint density at radius 1 is 1.00 bits per heavy atom. The third-order valence-electron chi connectivity index (χ3n) is 5.50. The first-order valence-electron chi connectivity index (χ1n) is 8.10. The lowest BCUT2D eigenvalue weighted by molar-refractivity contribution is 0.160. The summed E-state index contributed by atoms with van der Waals surface area (Å²) in [5.41, 5.74) is 0. The van der Waals surface area contributed by atoms with Crippen molar-refractivity contribution >= 4 is 10.2 Å². The van der Waals surface area contributed by atoms with Crippen LogP contribution in [-0.4, -0.2) is 79.0 Å². The van der Waals surface area contributed by atoms with Gasteiger partial charge in [0.2, 0.25) is 0 Å². The third kappa shape index (κ3) is 2.99. The smallest absolute Gasteiger partial charge is 0.282 e. The van der Waals surface area contributed by atoms with Crippen molar-refractivity contribution in [2.75, 3.05) is 39.8 Å². The van der Waals surface area contributed by atoms with Gasteiger partial charge in [-0.15, -0.1) is 0 Å². The van der Waals surface area contributed by atoms with Crippen LogP contribution in [0.25, 0.3) is 0 Å². The number of hydrogen-bond acceptors (Lipinski definition) is 4. The molecule has 1 N–H and O–H groups in total. The van der Waals surface area contributed by atoms with Crippen molar-refractivity contribution in [2.45, 2.75) is 44.2 Å². The van der Waals surface area contributed by atoms with E-state index in [1.807, 2.05) is 0 Å². The van der Waals surface area contributed by atoms with Crippen LogP contribution in [0.1, 0.15) is 32.1 Å². The van der Waals surface area contributed by atoms with Crippen LogP contribution in [0.15, 0.2) is 0 Å². The highest BCUT2D eigenvalue weighted by molar-refractivity contribution is 7.86. The minimum atomic E-state index is -3.37. The number of nitrogens with zero attached hydrogens (tertiary/aromatic N) is 3. The second-order valence-electron chi connectivity index (χ2n) is 6.75. The number of piperidine rings is 1. The van der Waals surface area contributed by atoms with Crippen molar-refractivity contribution in [3.05, 3.63) is 0 Å². The van der Waals surface area contributed by atoms with Gasteiger partial charge in [-0.05, 0) is 45.1 Å². The van der Waals surface area contributed by atoms with E-state index < -0.39 is 10.2 Å². The van der Waals surface area contributed by atoms with E-state index >= 15 is 0 Å². The summed E-state index contributed by atoms with van der Waals surface area (Å²) in [4.78, 5) is 2.36. The van der Waals surface area contributed by atoms with Gasteiger partial charge in [-0.1, -0.05) is 0 Å². The van der Waals surface area contributed by atoms with Crippen LogP contribution in [0.3, 0.4) is 0 Å².